The minimum absolute atomic E-state index is 0.0370. The van der Waals surface area contributed by atoms with Crippen LogP contribution in [0.2, 0.25) is 0 Å². The molecule has 0 fully saturated rings. The van der Waals surface area contributed by atoms with Gasteiger partial charge in [-0.25, -0.2) is 4.79 Å². The molecule has 0 aromatic heterocycles. The zero-order valence-electron chi connectivity index (χ0n) is 13.0. The van der Waals surface area contributed by atoms with Gasteiger partial charge in [-0.1, -0.05) is 24.3 Å². The SMILES string of the molecule is C=CCc1ccccc1OCC(=O)Oc1ccc(C(C)=O)cc1. The number of esters is 1. The third-order valence-corrected chi connectivity index (χ3v) is 3.17. The van der Waals surface area contributed by atoms with Crippen LogP contribution in [0.15, 0.2) is 61.2 Å². The first-order valence-corrected chi connectivity index (χ1v) is 7.23. The molecule has 0 spiro atoms. The Labute approximate surface area is 135 Å². The monoisotopic (exact) mass is 310 g/mol. The number of ketones is 1. The molecule has 4 heteroatoms. The van der Waals surface area contributed by atoms with Crippen LogP contribution in [-0.4, -0.2) is 18.4 Å². The van der Waals surface area contributed by atoms with E-state index in [2.05, 4.69) is 6.58 Å². The van der Waals surface area contributed by atoms with Crippen molar-refractivity contribution in [1.82, 2.24) is 0 Å². The van der Waals surface area contributed by atoms with Gasteiger partial charge >= 0.3 is 5.97 Å². The highest BCUT2D eigenvalue weighted by Crippen LogP contribution is 2.19. The summed E-state index contributed by atoms with van der Waals surface area (Å²) >= 11 is 0. The summed E-state index contributed by atoms with van der Waals surface area (Å²) in [6.07, 6.45) is 2.44. The Morgan fingerprint density at radius 2 is 1.78 bits per heavy atom. The minimum atomic E-state index is -0.506. The lowest BCUT2D eigenvalue weighted by atomic mass is 10.1. The zero-order valence-corrected chi connectivity index (χ0v) is 13.0. The lowest BCUT2D eigenvalue weighted by Crippen LogP contribution is -2.18. The second-order valence-electron chi connectivity index (χ2n) is 4.94. The van der Waals surface area contributed by atoms with Gasteiger partial charge in [0, 0.05) is 5.56 Å². The van der Waals surface area contributed by atoms with Gasteiger partial charge in [0.05, 0.1) is 0 Å². The molecule has 0 bridgehead atoms. The Balaban J connectivity index is 1.92. The number of hydrogen-bond donors (Lipinski definition) is 0. The van der Waals surface area contributed by atoms with Crippen molar-refractivity contribution in [2.24, 2.45) is 0 Å². The molecule has 0 aliphatic heterocycles. The summed E-state index contributed by atoms with van der Waals surface area (Å²) in [4.78, 5) is 23.0. The molecule has 0 heterocycles. The minimum Gasteiger partial charge on any atom is -0.482 e. The summed E-state index contributed by atoms with van der Waals surface area (Å²) in [5.41, 5.74) is 1.53. The van der Waals surface area contributed by atoms with E-state index in [1.54, 1.807) is 36.4 Å². The van der Waals surface area contributed by atoms with Gasteiger partial charge < -0.3 is 9.47 Å². The number of para-hydroxylation sites is 1. The van der Waals surface area contributed by atoms with Crippen LogP contribution >= 0.6 is 0 Å². The zero-order chi connectivity index (χ0) is 16.7. The molecule has 2 rings (SSSR count). The van der Waals surface area contributed by atoms with E-state index in [9.17, 15) is 9.59 Å². The topological polar surface area (TPSA) is 52.6 Å². The number of ether oxygens (including phenoxy) is 2. The van der Waals surface area contributed by atoms with E-state index < -0.39 is 5.97 Å². The molecule has 0 radical (unpaired) electrons. The summed E-state index contributed by atoms with van der Waals surface area (Å²) < 4.78 is 10.7. The van der Waals surface area contributed by atoms with E-state index in [0.29, 0.717) is 23.5 Å². The van der Waals surface area contributed by atoms with E-state index in [1.165, 1.54) is 6.92 Å². The highest BCUT2D eigenvalue weighted by Gasteiger charge is 2.09. The van der Waals surface area contributed by atoms with Crippen molar-refractivity contribution < 1.29 is 19.1 Å². The molecule has 118 valence electrons. The van der Waals surface area contributed by atoms with Gasteiger partial charge in [0.15, 0.2) is 12.4 Å². The van der Waals surface area contributed by atoms with Crippen molar-refractivity contribution in [3.63, 3.8) is 0 Å². The van der Waals surface area contributed by atoms with Crippen LogP contribution in [-0.2, 0) is 11.2 Å². The van der Waals surface area contributed by atoms with E-state index in [-0.39, 0.29) is 12.4 Å². The smallest absolute Gasteiger partial charge is 0.349 e. The van der Waals surface area contributed by atoms with Gasteiger partial charge in [-0.3, -0.25) is 4.79 Å². The fraction of sp³-hybridized carbons (Fsp3) is 0.158. The standard InChI is InChI=1S/C19H18O4/c1-3-6-16-7-4-5-8-18(16)22-13-19(21)23-17-11-9-15(10-12-17)14(2)20/h3-5,7-12H,1,6,13H2,2H3. The first-order chi connectivity index (χ1) is 11.1. The predicted molar refractivity (Wildman–Crippen MR) is 87.9 cm³/mol. The largest absolute Gasteiger partial charge is 0.482 e. The van der Waals surface area contributed by atoms with Crippen LogP contribution in [0.4, 0.5) is 0 Å². The maximum atomic E-state index is 11.8. The van der Waals surface area contributed by atoms with Crippen LogP contribution < -0.4 is 9.47 Å². The summed E-state index contributed by atoms with van der Waals surface area (Å²) in [5, 5.41) is 0. The second kappa shape index (κ2) is 7.94. The van der Waals surface area contributed by atoms with Gasteiger partial charge in [-0.05, 0) is 49.2 Å². The number of hydrogen-bond acceptors (Lipinski definition) is 4. The van der Waals surface area contributed by atoms with Crippen molar-refractivity contribution in [2.75, 3.05) is 6.61 Å². The lowest BCUT2D eigenvalue weighted by molar-refractivity contribution is -0.136. The maximum Gasteiger partial charge on any atom is 0.349 e. The van der Waals surface area contributed by atoms with Gasteiger partial charge in [0.25, 0.3) is 0 Å². The molecule has 4 nitrogen and oxygen atoms in total. The van der Waals surface area contributed by atoms with E-state index in [0.717, 1.165) is 5.56 Å². The van der Waals surface area contributed by atoms with Gasteiger partial charge in [-0.2, -0.15) is 0 Å². The predicted octanol–water partition coefficient (Wildman–Crippen LogP) is 3.60. The average molecular weight is 310 g/mol. The highest BCUT2D eigenvalue weighted by molar-refractivity contribution is 5.94. The molecule has 0 aliphatic carbocycles. The molecule has 2 aromatic rings. The summed E-state index contributed by atoms with van der Waals surface area (Å²) in [6.45, 7) is 4.99. The van der Waals surface area contributed by atoms with Crippen molar-refractivity contribution in [2.45, 2.75) is 13.3 Å². The van der Waals surface area contributed by atoms with Crippen molar-refractivity contribution >= 4 is 11.8 Å². The van der Waals surface area contributed by atoms with Gasteiger partial charge in [0.1, 0.15) is 11.5 Å². The van der Waals surface area contributed by atoms with Crippen LogP contribution in [0.25, 0.3) is 0 Å². The highest BCUT2D eigenvalue weighted by atomic mass is 16.6. The van der Waals surface area contributed by atoms with E-state index in [1.807, 2.05) is 18.2 Å². The Hall–Kier alpha value is -2.88. The number of Topliss-reactive ketones (excluding diaryl/α,β-unsaturated/α-hetero) is 1. The fourth-order valence-electron chi connectivity index (χ4n) is 2.02. The van der Waals surface area contributed by atoms with Gasteiger partial charge in [0.2, 0.25) is 0 Å². The first kappa shape index (κ1) is 16.5. The molecule has 0 aliphatic rings. The Morgan fingerprint density at radius 1 is 1.09 bits per heavy atom. The Bertz CT molecular complexity index is 702. The molecule has 2 aromatic carbocycles. The van der Waals surface area contributed by atoms with E-state index >= 15 is 0 Å². The number of benzene rings is 2. The molecule has 0 saturated heterocycles. The fourth-order valence-corrected chi connectivity index (χ4v) is 2.02. The van der Waals surface area contributed by atoms with Crippen molar-refractivity contribution in [3.8, 4) is 11.5 Å². The molecule has 0 atom stereocenters. The van der Waals surface area contributed by atoms with E-state index in [4.69, 9.17) is 9.47 Å². The third-order valence-electron chi connectivity index (χ3n) is 3.17. The Morgan fingerprint density at radius 3 is 2.43 bits per heavy atom. The molecular formula is C19H18O4. The molecule has 0 amide bonds. The summed E-state index contributed by atoms with van der Waals surface area (Å²) in [5.74, 6) is 0.471. The lowest BCUT2D eigenvalue weighted by Gasteiger charge is -2.10. The Kier molecular flexibility index (Phi) is 5.69. The van der Waals surface area contributed by atoms with Crippen LogP contribution in [0.1, 0.15) is 22.8 Å². The quantitative estimate of drug-likeness (QED) is 0.339. The number of carbonyl (C=O) groups excluding carboxylic acids is 2. The number of carbonyl (C=O) groups is 2. The maximum absolute atomic E-state index is 11.8. The van der Waals surface area contributed by atoms with Crippen LogP contribution in [0, 0.1) is 0 Å². The third kappa shape index (κ3) is 4.81. The molecule has 0 unspecified atom stereocenters. The number of rotatable bonds is 7. The van der Waals surface area contributed by atoms with Gasteiger partial charge in [-0.15, -0.1) is 6.58 Å². The average Bonchev–Trinajstić information content (AvgIpc) is 2.55. The van der Waals surface area contributed by atoms with Crippen LogP contribution in [0.5, 0.6) is 11.5 Å². The van der Waals surface area contributed by atoms with Crippen molar-refractivity contribution in [1.29, 1.82) is 0 Å². The van der Waals surface area contributed by atoms with Crippen LogP contribution in [0.3, 0.4) is 0 Å². The van der Waals surface area contributed by atoms with Crippen molar-refractivity contribution in [3.05, 3.63) is 72.3 Å². The second-order valence-corrected chi connectivity index (χ2v) is 4.94. The normalized spacial score (nSPS) is 9.96. The molecule has 0 N–H and O–H groups in total. The number of allylic oxidation sites excluding steroid dienone is 1. The summed E-state index contributed by atoms with van der Waals surface area (Å²) in [7, 11) is 0. The molecule has 0 saturated carbocycles. The molecular weight excluding hydrogens is 292 g/mol. The molecule has 23 heavy (non-hydrogen) atoms. The first-order valence-electron chi connectivity index (χ1n) is 7.23. The summed E-state index contributed by atoms with van der Waals surface area (Å²) in [6, 6.07) is 13.9.